The summed E-state index contributed by atoms with van der Waals surface area (Å²) in [4.78, 5) is 52.5. The second-order valence-electron chi connectivity index (χ2n) is 17.1. The minimum absolute atomic E-state index is 0.138. The topological polar surface area (TPSA) is 161 Å². The van der Waals surface area contributed by atoms with Gasteiger partial charge in [0.15, 0.2) is 23.0 Å². The first-order chi connectivity index (χ1) is 33.0. The average molecular weight is 941 g/mol. The molecule has 6 aromatic rings. The van der Waals surface area contributed by atoms with Gasteiger partial charge in [0.05, 0.1) is 52.8 Å². The molecule has 0 aliphatic carbocycles. The Morgan fingerprint density at radius 2 is 0.681 bits per heavy atom. The van der Waals surface area contributed by atoms with Crippen LogP contribution in [0.15, 0.2) is 121 Å². The molecule has 0 N–H and O–H groups in total. The summed E-state index contributed by atoms with van der Waals surface area (Å²) in [6.45, 7) is 13.1. The molecule has 0 amide bonds. The monoisotopic (exact) mass is 940 g/mol. The molecule has 0 bridgehead atoms. The standard InChI is InChI=1S/C55H56O14/c1-33(2)31-64-49-29-45(60-7)43(27-47(49)62-9)53(58)68-39-19-11-35(12-20-39)51(56)66-41-23-15-37(16-24-41)55(5,6)38-17-25-42(26-18-38)67-52(57)36-13-21-40(22-14-36)69-54(59)44-28-48(63-10)50(30-46(44)61-8)65-32-34(3)4/h11-30,33-34H,31-32H2,1-10H3. The molecule has 0 saturated carbocycles. The largest absolute Gasteiger partial charge is 0.496 e. The van der Waals surface area contributed by atoms with E-state index in [4.69, 9.17) is 47.4 Å². The number of carbonyl (C=O) groups is 4. The van der Waals surface area contributed by atoms with Gasteiger partial charge in [0.1, 0.15) is 45.6 Å². The molecule has 0 heterocycles. The van der Waals surface area contributed by atoms with Crippen molar-refractivity contribution in [3.05, 3.63) is 155 Å². The highest BCUT2D eigenvalue weighted by atomic mass is 16.6. The molecule has 6 aromatic carbocycles. The maximum absolute atomic E-state index is 13.2. The molecular formula is C55H56O14. The minimum atomic E-state index is -0.684. The fourth-order valence-corrected chi connectivity index (χ4v) is 6.82. The van der Waals surface area contributed by atoms with Crippen molar-refractivity contribution in [3.63, 3.8) is 0 Å². The predicted octanol–water partition coefficient (Wildman–Crippen LogP) is 11.0. The molecule has 14 heteroatoms. The summed E-state index contributed by atoms with van der Waals surface area (Å²) >= 11 is 0. The van der Waals surface area contributed by atoms with Crippen LogP contribution in [0.25, 0.3) is 0 Å². The van der Waals surface area contributed by atoms with Crippen LogP contribution in [0, 0.1) is 11.8 Å². The zero-order chi connectivity index (χ0) is 49.8. The molecule has 0 fully saturated rings. The lowest BCUT2D eigenvalue weighted by Crippen LogP contribution is -2.19. The van der Waals surface area contributed by atoms with Crippen LogP contribution < -0.4 is 47.4 Å². The third kappa shape index (κ3) is 12.7. The maximum atomic E-state index is 13.2. The van der Waals surface area contributed by atoms with Crippen LogP contribution in [-0.2, 0) is 5.41 Å². The minimum Gasteiger partial charge on any atom is -0.496 e. The molecule has 360 valence electrons. The van der Waals surface area contributed by atoms with Gasteiger partial charge in [-0.2, -0.15) is 0 Å². The first-order valence-corrected chi connectivity index (χ1v) is 22.1. The van der Waals surface area contributed by atoms with Gasteiger partial charge >= 0.3 is 23.9 Å². The average Bonchev–Trinajstić information content (AvgIpc) is 3.35. The lowest BCUT2D eigenvalue weighted by atomic mass is 9.78. The predicted molar refractivity (Wildman–Crippen MR) is 257 cm³/mol. The summed E-state index contributed by atoms with van der Waals surface area (Å²) in [6, 6.07) is 32.5. The molecule has 0 spiro atoms. The van der Waals surface area contributed by atoms with Gasteiger partial charge in [-0.1, -0.05) is 65.8 Å². The van der Waals surface area contributed by atoms with Gasteiger partial charge in [-0.05, 0) is 95.8 Å². The Hall–Kier alpha value is -8.00. The van der Waals surface area contributed by atoms with Crippen molar-refractivity contribution in [2.24, 2.45) is 11.8 Å². The molecule has 0 radical (unpaired) electrons. The Kier molecular flexibility index (Phi) is 16.6. The van der Waals surface area contributed by atoms with Gasteiger partial charge in [0, 0.05) is 29.7 Å². The number of hydrogen-bond acceptors (Lipinski definition) is 14. The molecule has 14 nitrogen and oxygen atoms in total. The van der Waals surface area contributed by atoms with Crippen molar-refractivity contribution in [2.75, 3.05) is 41.7 Å². The lowest BCUT2D eigenvalue weighted by molar-refractivity contribution is 0.0717. The summed E-state index contributed by atoms with van der Waals surface area (Å²) in [7, 11) is 5.85. The highest BCUT2D eigenvalue weighted by molar-refractivity contribution is 5.96. The summed E-state index contributed by atoms with van der Waals surface area (Å²) in [5.41, 5.74) is 2.17. The number of rotatable bonds is 20. The van der Waals surface area contributed by atoms with Crippen molar-refractivity contribution in [1.82, 2.24) is 0 Å². The van der Waals surface area contributed by atoms with E-state index in [0.717, 1.165) is 11.1 Å². The van der Waals surface area contributed by atoms with Crippen LogP contribution in [0.1, 0.15) is 94.1 Å². The second-order valence-corrected chi connectivity index (χ2v) is 17.1. The van der Waals surface area contributed by atoms with Crippen LogP contribution >= 0.6 is 0 Å². The van der Waals surface area contributed by atoms with Gasteiger partial charge in [0.25, 0.3) is 0 Å². The first kappa shape index (κ1) is 50.4. The summed E-state index contributed by atoms with van der Waals surface area (Å²) in [6.07, 6.45) is 0. The summed E-state index contributed by atoms with van der Waals surface area (Å²) < 4.78 is 55.9. The van der Waals surface area contributed by atoms with Crippen LogP contribution in [-0.4, -0.2) is 65.5 Å². The zero-order valence-electron chi connectivity index (χ0n) is 40.3. The SMILES string of the molecule is COc1cc(C(=O)Oc2ccc(C(=O)Oc3ccc(C(C)(C)c4ccc(OC(=O)c5ccc(OC(=O)c6cc(OC)c(OCC(C)C)cc6OC)cc5)cc4)cc3)cc2)c(OC)cc1OCC(C)C. The van der Waals surface area contributed by atoms with Crippen molar-refractivity contribution >= 4 is 23.9 Å². The Balaban J connectivity index is 1.02. The van der Waals surface area contributed by atoms with E-state index in [2.05, 4.69) is 0 Å². The molecule has 0 aliphatic heterocycles. The Morgan fingerprint density at radius 3 is 0.971 bits per heavy atom. The highest BCUT2D eigenvalue weighted by Gasteiger charge is 2.25. The second kappa shape index (κ2) is 22.7. The van der Waals surface area contributed by atoms with Crippen molar-refractivity contribution in [3.8, 4) is 57.5 Å². The van der Waals surface area contributed by atoms with Crippen LogP contribution in [0.3, 0.4) is 0 Å². The van der Waals surface area contributed by atoms with Gasteiger partial charge in [0.2, 0.25) is 0 Å². The molecule has 0 unspecified atom stereocenters. The van der Waals surface area contributed by atoms with Crippen molar-refractivity contribution < 1.29 is 66.5 Å². The Labute approximate surface area is 401 Å². The number of ether oxygens (including phenoxy) is 10. The third-order valence-corrected chi connectivity index (χ3v) is 10.7. The van der Waals surface area contributed by atoms with Crippen LogP contribution in [0.2, 0.25) is 0 Å². The number of esters is 4. The molecular weight excluding hydrogens is 885 g/mol. The zero-order valence-corrected chi connectivity index (χ0v) is 40.3. The van der Waals surface area contributed by atoms with E-state index < -0.39 is 29.3 Å². The third-order valence-electron chi connectivity index (χ3n) is 10.7. The summed E-state index contributed by atoms with van der Waals surface area (Å²) in [5, 5.41) is 0. The molecule has 0 saturated heterocycles. The van der Waals surface area contributed by atoms with E-state index in [1.807, 2.05) is 65.8 Å². The highest BCUT2D eigenvalue weighted by Crippen LogP contribution is 2.38. The number of methoxy groups -OCH3 is 4. The number of hydrogen-bond donors (Lipinski definition) is 0. The first-order valence-electron chi connectivity index (χ1n) is 22.1. The number of benzene rings is 6. The van der Waals surface area contributed by atoms with Gasteiger partial charge < -0.3 is 47.4 Å². The quantitative estimate of drug-likeness (QED) is 0.0525. The Morgan fingerprint density at radius 1 is 0.391 bits per heavy atom. The molecule has 0 atom stereocenters. The van der Waals surface area contributed by atoms with E-state index in [1.54, 1.807) is 36.4 Å². The van der Waals surface area contributed by atoms with Gasteiger partial charge in [-0.25, -0.2) is 19.2 Å². The smallest absolute Gasteiger partial charge is 0.347 e. The number of carbonyl (C=O) groups excluding carboxylic acids is 4. The normalized spacial score (nSPS) is 11.1. The summed E-state index contributed by atoms with van der Waals surface area (Å²) in [5.74, 6) is 1.18. The fourth-order valence-electron chi connectivity index (χ4n) is 6.82. The van der Waals surface area contributed by atoms with Crippen LogP contribution in [0.4, 0.5) is 0 Å². The molecule has 0 aliphatic rings. The Bertz CT molecular complexity index is 2550. The lowest BCUT2D eigenvalue weighted by Gasteiger charge is -2.26. The van der Waals surface area contributed by atoms with Crippen LogP contribution in [0.5, 0.6) is 57.5 Å². The molecule has 69 heavy (non-hydrogen) atoms. The van der Waals surface area contributed by atoms with Crippen molar-refractivity contribution in [1.29, 1.82) is 0 Å². The molecule has 0 aromatic heterocycles. The van der Waals surface area contributed by atoms with E-state index in [1.165, 1.54) is 89.1 Å². The fraction of sp³-hybridized carbons (Fsp3) is 0.273. The van der Waals surface area contributed by atoms with E-state index >= 15 is 0 Å². The van der Waals surface area contributed by atoms with E-state index in [9.17, 15) is 19.2 Å². The van der Waals surface area contributed by atoms with E-state index in [0.29, 0.717) is 47.7 Å². The van der Waals surface area contributed by atoms with E-state index in [-0.39, 0.29) is 57.1 Å². The van der Waals surface area contributed by atoms with Gasteiger partial charge in [-0.3, -0.25) is 0 Å². The molecule has 6 rings (SSSR count). The van der Waals surface area contributed by atoms with Crippen molar-refractivity contribution in [2.45, 2.75) is 47.0 Å². The maximum Gasteiger partial charge on any atom is 0.347 e. The van der Waals surface area contributed by atoms with Gasteiger partial charge in [-0.15, -0.1) is 0 Å².